The molecule has 7 heteroatoms. The normalized spacial score (nSPS) is 16.5. The van der Waals surface area contributed by atoms with E-state index in [4.69, 9.17) is 9.41 Å². The Hall–Kier alpha value is -3.26. The number of aryl methyl sites for hydroxylation is 2. The summed E-state index contributed by atoms with van der Waals surface area (Å²) in [5.74, 6) is 1.39. The third kappa shape index (κ3) is 4.33. The zero-order valence-corrected chi connectivity index (χ0v) is 24.9. The van der Waals surface area contributed by atoms with E-state index in [9.17, 15) is 4.79 Å². The van der Waals surface area contributed by atoms with Gasteiger partial charge >= 0.3 is 0 Å². The van der Waals surface area contributed by atoms with Gasteiger partial charge in [-0.25, -0.2) is 4.99 Å². The Morgan fingerprint density at radius 3 is 2.62 bits per heavy atom. The highest BCUT2D eigenvalue weighted by Gasteiger charge is 2.32. The third-order valence-corrected chi connectivity index (χ3v) is 9.52. The summed E-state index contributed by atoms with van der Waals surface area (Å²) in [7, 11) is 0. The number of hydrogen-bond donors (Lipinski definition) is 0. The van der Waals surface area contributed by atoms with Gasteiger partial charge in [0.2, 0.25) is 0 Å². The minimum atomic E-state index is -0.199. The smallest absolute Gasteiger partial charge is 0.271 e. The highest BCUT2D eigenvalue weighted by atomic mass is 79.9. The molecule has 1 aliphatic heterocycles. The van der Waals surface area contributed by atoms with Gasteiger partial charge in [0, 0.05) is 26.1 Å². The van der Waals surface area contributed by atoms with Crippen molar-refractivity contribution in [2.75, 3.05) is 0 Å². The number of fused-ring (bicyclic) bond motifs is 3. The Morgan fingerprint density at radius 2 is 1.79 bits per heavy atom. The average molecular weight is 658 g/mol. The molecule has 0 N–H and O–H groups in total. The number of rotatable bonds is 3. The molecule has 7 rings (SSSR count). The van der Waals surface area contributed by atoms with Crippen molar-refractivity contribution in [1.29, 1.82) is 0 Å². The van der Waals surface area contributed by atoms with Crippen LogP contribution in [0.2, 0.25) is 0 Å². The lowest BCUT2D eigenvalue weighted by molar-refractivity contribution is 0.570. The van der Waals surface area contributed by atoms with Crippen LogP contribution in [-0.2, 0) is 6.42 Å². The van der Waals surface area contributed by atoms with Crippen LogP contribution in [0.3, 0.4) is 0 Å². The quantitative estimate of drug-likeness (QED) is 0.203. The predicted octanol–water partition coefficient (Wildman–Crippen LogP) is 7.41. The summed E-state index contributed by atoms with van der Waals surface area (Å²) in [4.78, 5) is 19.8. The van der Waals surface area contributed by atoms with Crippen molar-refractivity contribution in [2.45, 2.75) is 25.8 Å². The maximum absolute atomic E-state index is 14.0. The van der Waals surface area contributed by atoms with E-state index >= 15 is 0 Å². The number of benzene rings is 3. The molecule has 3 heterocycles. The summed E-state index contributed by atoms with van der Waals surface area (Å²) in [6, 6.07) is 26.6. The second-order valence-corrected chi connectivity index (χ2v) is 12.6. The maximum atomic E-state index is 14.0. The van der Waals surface area contributed by atoms with Crippen LogP contribution < -0.4 is 14.9 Å². The SMILES string of the molecule is Cc1ccc(-c2ccc(/C=c3\sc4n(c3=O)[C@@H](c3ccc(Br)cc3)C3=C(N=4)c4ccccc4CC3)o2)c(Br)c1. The number of allylic oxidation sites excluding steroid dienone is 1. The lowest BCUT2D eigenvalue weighted by atomic mass is 9.83. The molecule has 0 saturated carbocycles. The van der Waals surface area contributed by atoms with Gasteiger partial charge in [0.25, 0.3) is 5.56 Å². The fourth-order valence-electron chi connectivity index (χ4n) is 5.49. The van der Waals surface area contributed by atoms with Crippen molar-refractivity contribution >= 4 is 55.0 Å². The molecule has 39 heavy (non-hydrogen) atoms. The van der Waals surface area contributed by atoms with Gasteiger partial charge in [-0.1, -0.05) is 85.7 Å². The molecule has 0 fully saturated rings. The monoisotopic (exact) mass is 656 g/mol. The topological polar surface area (TPSA) is 47.5 Å². The molecule has 0 unspecified atom stereocenters. The van der Waals surface area contributed by atoms with E-state index < -0.39 is 0 Å². The van der Waals surface area contributed by atoms with Gasteiger partial charge in [-0.15, -0.1) is 0 Å². The molecule has 2 aromatic heterocycles. The predicted molar refractivity (Wildman–Crippen MR) is 163 cm³/mol. The lowest BCUT2D eigenvalue weighted by Gasteiger charge is -2.30. The number of nitrogens with zero attached hydrogens (tertiary/aromatic N) is 2. The molecule has 1 atom stereocenters. The average Bonchev–Trinajstić information content (AvgIpc) is 3.52. The number of aromatic nitrogens is 1. The third-order valence-electron chi connectivity index (χ3n) is 7.35. The van der Waals surface area contributed by atoms with Crippen LogP contribution in [0.25, 0.3) is 23.1 Å². The highest BCUT2D eigenvalue weighted by molar-refractivity contribution is 9.10. The van der Waals surface area contributed by atoms with E-state index in [1.807, 2.05) is 41.0 Å². The summed E-state index contributed by atoms with van der Waals surface area (Å²) < 4.78 is 10.6. The molecule has 4 nitrogen and oxygen atoms in total. The first-order chi connectivity index (χ1) is 19.0. The molecule has 2 aliphatic rings. The molecule has 3 aromatic carbocycles. The molecule has 1 aliphatic carbocycles. The molecule has 0 spiro atoms. The van der Waals surface area contributed by atoms with Crippen molar-refractivity contribution < 1.29 is 4.42 Å². The van der Waals surface area contributed by atoms with Crippen LogP contribution in [0.5, 0.6) is 0 Å². The number of thiazole rings is 1. The van der Waals surface area contributed by atoms with E-state index in [1.54, 1.807) is 0 Å². The lowest BCUT2D eigenvalue weighted by Crippen LogP contribution is -2.38. The van der Waals surface area contributed by atoms with Crippen molar-refractivity contribution in [3.05, 3.63) is 141 Å². The Labute approximate surface area is 245 Å². The zero-order chi connectivity index (χ0) is 26.7. The summed E-state index contributed by atoms with van der Waals surface area (Å²) >= 11 is 8.62. The molecule has 0 bridgehead atoms. The largest absolute Gasteiger partial charge is 0.457 e. The molecular weight excluding hydrogens is 636 g/mol. The van der Waals surface area contributed by atoms with Crippen LogP contribution >= 0.6 is 43.2 Å². The van der Waals surface area contributed by atoms with Crippen LogP contribution in [0, 0.1) is 6.92 Å². The Balaban J connectivity index is 1.39. The summed E-state index contributed by atoms with van der Waals surface area (Å²) in [5, 5.41) is 0. The number of furan rings is 1. The Kier molecular flexibility index (Phi) is 6.18. The fraction of sp³-hybridized carbons (Fsp3) is 0.125. The van der Waals surface area contributed by atoms with E-state index in [0.717, 1.165) is 49.9 Å². The van der Waals surface area contributed by atoms with Crippen LogP contribution in [-0.4, -0.2) is 4.57 Å². The van der Waals surface area contributed by atoms with E-state index in [1.165, 1.54) is 28.0 Å². The van der Waals surface area contributed by atoms with Gasteiger partial charge in [0.05, 0.1) is 16.3 Å². The van der Waals surface area contributed by atoms with Crippen molar-refractivity contribution in [1.82, 2.24) is 4.57 Å². The summed E-state index contributed by atoms with van der Waals surface area (Å²) in [5.41, 5.74) is 7.84. The molecule has 5 aromatic rings. The minimum Gasteiger partial charge on any atom is -0.457 e. The van der Waals surface area contributed by atoms with E-state index in [-0.39, 0.29) is 11.6 Å². The standard InChI is InChI=1S/C32H22Br2N2O2S/c1-18-6-13-24(26(34)16-18)27-15-12-22(38-27)17-28-31(37)36-30(20-7-10-21(33)11-8-20)25-14-9-19-4-2-3-5-23(19)29(25)35-32(36)39-28/h2-8,10-13,15-17,30H,9,14H2,1H3/b28-17-/t30-/m0/s1. The van der Waals surface area contributed by atoms with Gasteiger partial charge in [-0.3, -0.25) is 9.36 Å². The number of hydrogen-bond acceptors (Lipinski definition) is 4. The Morgan fingerprint density at radius 1 is 0.974 bits per heavy atom. The maximum Gasteiger partial charge on any atom is 0.271 e. The van der Waals surface area contributed by atoms with Gasteiger partial charge in [-0.05, 0) is 78.4 Å². The number of halogens is 2. The van der Waals surface area contributed by atoms with Gasteiger partial charge in [0.1, 0.15) is 11.5 Å². The van der Waals surface area contributed by atoms with Crippen molar-refractivity contribution in [2.24, 2.45) is 4.99 Å². The fourth-order valence-corrected chi connectivity index (χ4v) is 7.43. The minimum absolute atomic E-state index is 0.0495. The molecule has 192 valence electrons. The molecule has 0 saturated heterocycles. The highest BCUT2D eigenvalue weighted by Crippen LogP contribution is 2.41. The van der Waals surface area contributed by atoms with Crippen LogP contribution in [0.15, 0.2) is 108 Å². The molecule has 0 radical (unpaired) electrons. The van der Waals surface area contributed by atoms with Crippen LogP contribution in [0.4, 0.5) is 0 Å². The summed E-state index contributed by atoms with van der Waals surface area (Å²) in [6.45, 7) is 2.06. The Bertz CT molecular complexity index is 1980. The first-order valence-electron chi connectivity index (χ1n) is 12.7. The summed E-state index contributed by atoms with van der Waals surface area (Å²) in [6.07, 6.45) is 3.64. The molecule has 0 amide bonds. The van der Waals surface area contributed by atoms with Gasteiger partial charge in [-0.2, -0.15) is 0 Å². The van der Waals surface area contributed by atoms with E-state index in [2.05, 4.69) is 87.3 Å². The zero-order valence-electron chi connectivity index (χ0n) is 20.9. The van der Waals surface area contributed by atoms with E-state index in [0.29, 0.717) is 15.1 Å². The second kappa shape index (κ2) is 9.73. The van der Waals surface area contributed by atoms with Gasteiger partial charge < -0.3 is 4.42 Å². The van der Waals surface area contributed by atoms with Crippen molar-refractivity contribution in [3.63, 3.8) is 0 Å². The second-order valence-electron chi connectivity index (χ2n) is 9.85. The molecular formula is C32H22Br2N2O2S. The van der Waals surface area contributed by atoms with Crippen molar-refractivity contribution in [3.8, 4) is 11.3 Å². The van der Waals surface area contributed by atoms with Gasteiger partial charge in [0.15, 0.2) is 4.80 Å². The first kappa shape index (κ1) is 24.8. The van der Waals surface area contributed by atoms with Crippen LogP contribution in [0.1, 0.15) is 40.5 Å². The first-order valence-corrected chi connectivity index (χ1v) is 15.1.